The second-order valence-electron chi connectivity index (χ2n) is 9.24. The molecule has 0 bridgehead atoms. The summed E-state index contributed by atoms with van der Waals surface area (Å²) in [5, 5.41) is 9.66. The van der Waals surface area contributed by atoms with E-state index in [0.29, 0.717) is 28.6 Å². The molecule has 2 amide bonds. The van der Waals surface area contributed by atoms with Crippen LogP contribution in [-0.2, 0) is 11.3 Å². The molecule has 1 atom stereocenters. The number of aromatic nitrogens is 2. The Labute approximate surface area is 197 Å². The lowest BCUT2D eigenvalue weighted by Gasteiger charge is -2.44. The van der Waals surface area contributed by atoms with Crippen LogP contribution in [0.15, 0.2) is 41.8 Å². The summed E-state index contributed by atoms with van der Waals surface area (Å²) in [5.41, 5.74) is -0.0907. The van der Waals surface area contributed by atoms with Gasteiger partial charge in [-0.05, 0) is 45.2 Å². The molecule has 1 aliphatic heterocycles. The Bertz CT molecular complexity index is 1170. The molecule has 174 valence electrons. The number of hydrogen-bond donors (Lipinski definition) is 1. The Balaban J connectivity index is 1.88. The molecule has 1 N–H and O–H groups in total. The number of ether oxygens (including phenoxy) is 2. The number of carbonyl (C=O) groups excluding carboxylic acids is 2. The minimum Gasteiger partial charge on any atom is -0.497 e. The Kier molecular flexibility index (Phi) is 5.69. The summed E-state index contributed by atoms with van der Waals surface area (Å²) in [4.78, 5) is 30.0. The van der Waals surface area contributed by atoms with Gasteiger partial charge in [0.05, 0.1) is 31.3 Å². The number of nitrogens with zero attached hydrogens (tertiary/aromatic N) is 3. The van der Waals surface area contributed by atoms with Gasteiger partial charge in [0.1, 0.15) is 28.4 Å². The third-order valence-electron chi connectivity index (χ3n) is 5.50. The summed E-state index contributed by atoms with van der Waals surface area (Å²) < 4.78 is 12.5. The van der Waals surface area contributed by atoms with Crippen LogP contribution in [0.2, 0.25) is 0 Å². The van der Waals surface area contributed by atoms with Gasteiger partial charge in [0, 0.05) is 23.7 Å². The minimum absolute atomic E-state index is 0.195. The number of hydrogen-bond acceptors (Lipinski definition) is 6. The summed E-state index contributed by atoms with van der Waals surface area (Å²) >= 11 is 1.55. The molecule has 8 nitrogen and oxygen atoms in total. The fourth-order valence-electron chi connectivity index (χ4n) is 3.93. The molecule has 0 aliphatic carbocycles. The van der Waals surface area contributed by atoms with Crippen LogP contribution in [0.4, 0.5) is 5.69 Å². The molecule has 0 fully saturated rings. The first kappa shape index (κ1) is 22.8. The highest BCUT2D eigenvalue weighted by Crippen LogP contribution is 2.38. The average molecular weight is 469 g/mol. The van der Waals surface area contributed by atoms with E-state index in [1.807, 2.05) is 38.3 Å². The summed E-state index contributed by atoms with van der Waals surface area (Å²) in [7, 11) is 3.09. The lowest BCUT2D eigenvalue weighted by atomic mass is 9.92. The van der Waals surface area contributed by atoms with Crippen molar-refractivity contribution in [2.24, 2.45) is 0 Å². The van der Waals surface area contributed by atoms with Gasteiger partial charge in [0.2, 0.25) is 5.91 Å². The lowest BCUT2D eigenvalue weighted by Crippen LogP contribution is -2.66. The van der Waals surface area contributed by atoms with Crippen LogP contribution in [0.1, 0.15) is 38.2 Å². The van der Waals surface area contributed by atoms with Crippen LogP contribution in [0, 0.1) is 0 Å². The molecule has 0 saturated heterocycles. The molecule has 3 aromatic rings. The maximum absolute atomic E-state index is 13.9. The van der Waals surface area contributed by atoms with Crippen LogP contribution >= 0.6 is 11.3 Å². The highest BCUT2D eigenvalue weighted by atomic mass is 32.1. The second kappa shape index (κ2) is 8.22. The fourth-order valence-corrected chi connectivity index (χ4v) is 4.61. The SMILES string of the molecule is COc1cc(OC)cc(N2C(=O)c3cc(-c4cccs4)nn3C[C@@]2(C)C(=O)NC(C)(C)C)c1. The molecule has 0 unspecified atom stereocenters. The van der Waals surface area contributed by atoms with E-state index in [2.05, 4.69) is 10.4 Å². The predicted octanol–water partition coefficient (Wildman–Crippen LogP) is 3.96. The van der Waals surface area contributed by atoms with Crippen LogP contribution < -0.4 is 19.7 Å². The molecule has 4 rings (SSSR count). The third kappa shape index (κ3) is 4.20. The largest absolute Gasteiger partial charge is 0.497 e. The molecule has 1 aliphatic rings. The Hall–Kier alpha value is -3.33. The van der Waals surface area contributed by atoms with Crippen molar-refractivity contribution in [2.45, 2.75) is 45.3 Å². The highest BCUT2D eigenvalue weighted by molar-refractivity contribution is 7.13. The molecule has 9 heteroatoms. The molecule has 2 aromatic heterocycles. The number of amides is 2. The Morgan fingerprint density at radius 3 is 2.36 bits per heavy atom. The van der Waals surface area contributed by atoms with Crippen LogP contribution in [0.5, 0.6) is 11.5 Å². The zero-order valence-corrected chi connectivity index (χ0v) is 20.4. The molecular weight excluding hydrogens is 440 g/mol. The molecule has 0 radical (unpaired) electrons. The van der Waals surface area contributed by atoms with Crippen molar-refractivity contribution in [3.63, 3.8) is 0 Å². The van der Waals surface area contributed by atoms with Crippen molar-refractivity contribution >= 4 is 28.8 Å². The van der Waals surface area contributed by atoms with Gasteiger partial charge in [-0.2, -0.15) is 5.10 Å². The van der Waals surface area contributed by atoms with Gasteiger partial charge in [0.25, 0.3) is 5.91 Å². The maximum Gasteiger partial charge on any atom is 0.277 e. The van der Waals surface area contributed by atoms with E-state index in [1.54, 1.807) is 61.4 Å². The lowest BCUT2D eigenvalue weighted by molar-refractivity contribution is -0.128. The number of anilines is 1. The van der Waals surface area contributed by atoms with Crippen molar-refractivity contribution < 1.29 is 19.1 Å². The number of methoxy groups -OCH3 is 2. The van der Waals surface area contributed by atoms with Gasteiger partial charge < -0.3 is 14.8 Å². The molecule has 33 heavy (non-hydrogen) atoms. The molecule has 0 saturated carbocycles. The third-order valence-corrected chi connectivity index (χ3v) is 6.39. The van der Waals surface area contributed by atoms with Crippen LogP contribution in [-0.4, -0.2) is 46.9 Å². The van der Waals surface area contributed by atoms with Crippen molar-refractivity contribution in [1.82, 2.24) is 15.1 Å². The second-order valence-corrected chi connectivity index (χ2v) is 10.2. The topological polar surface area (TPSA) is 85.7 Å². The summed E-state index contributed by atoms with van der Waals surface area (Å²) in [6.07, 6.45) is 0. The van der Waals surface area contributed by atoms with E-state index in [-0.39, 0.29) is 18.4 Å². The van der Waals surface area contributed by atoms with Gasteiger partial charge in [-0.25, -0.2) is 0 Å². The highest BCUT2D eigenvalue weighted by Gasteiger charge is 2.49. The minimum atomic E-state index is -1.24. The number of carbonyl (C=O) groups is 2. The summed E-state index contributed by atoms with van der Waals surface area (Å²) in [6, 6.07) is 10.9. The monoisotopic (exact) mass is 468 g/mol. The number of benzene rings is 1. The molecule has 0 spiro atoms. The molecule has 1 aromatic carbocycles. The summed E-state index contributed by atoms with van der Waals surface area (Å²) in [5.74, 6) is 0.450. The van der Waals surface area contributed by atoms with Gasteiger partial charge in [-0.15, -0.1) is 11.3 Å². The van der Waals surface area contributed by atoms with Crippen molar-refractivity contribution in [3.05, 3.63) is 47.5 Å². The fraction of sp³-hybridized carbons (Fsp3) is 0.375. The van der Waals surface area contributed by atoms with Gasteiger partial charge in [-0.1, -0.05) is 6.07 Å². The van der Waals surface area contributed by atoms with Gasteiger partial charge in [-0.3, -0.25) is 19.2 Å². The predicted molar refractivity (Wildman–Crippen MR) is 128 cm³/mol. The van der Waals surface area contributed by atoms with E-state index in [1.165, 1.54) is 4.90 Å². The molecular formula is C24H28N4O4S. The smallest absolute Gasteiger partial charge is 0.277 e. The van der Waals surface area contributed by atoms with Gasteiger partial charge >= 0.3 is 0 Å². The van der Waals surface area contributed by atoms with E-state index < -0.39 is 11.1 Å². The zero-order chi connectivity index (χ0) is 24.0. The van der Waals surface area contributed by atoms with Crippen LogP contribution in [0.3, 0.4) is 0 Å². The Morgan fingerprint density at radius 1 is 1.15 bits per heavy atom. The van der Waals surface area contributed by atoms with E-state index in [4.69, 9.17) is 9.47 Å². The van der Waals surface area contributed by atoms with Crippen molar-refractivity contribution in [3.8, 4) is 22.1 Å². The first-order chi connectivity index (χ1) is 15.6. The standard InChI is InChI=1S/C24H28N4O4S/c1-23(2,3)25-22(30)24(4)14-27-19(13-18(26-27)20-8-7-9-33-20)21(29)28(24)15-10-16(31-5)12-17(11-15)32-6/h7-13H,14H2,1-6H3,(H,25,30)/t24-/m0/s1. The van der Waals surface area contributed by atoms with E-state index in [9.17, 15) is 9.59 Å². The number of thiophene rings is 1. The zero-order valence-electron chi connectivity index (χ0n) is 19.6. The van der Waals surface area contributed by atoms with Crippen molar-refractivity contribution in [2.75, 3.05) is 19.1 Å². The van der Waals surface area contributed by atoms with Crippen LogP contribution in [0.25, 0.3) is 10.6 Å². The van der Waals surface area contributed by atoms with E-state index >= 15 is 0 Å². The Morgan fingerprint density at radius 2 is 1.82 bits per heavy atom. The van der Waals surface area contributed by atoms with E-state index in [0.717, 1.165) is 4.88 Å². The normalized spacial score (nSPS) is 18.1. The number of fused-ring (bicyclic) bond motifs is 1. The van der Waals surface area contributed by atoms with Crippen molar-refractivity contribution in [1.29, 1.82) is 0 Å². The average Bonchev–Trinajstić information content (AvgIpc) is 3.42. The summed E-state index contributed by atoms with van der Waals surface area (Å²) in [6.45, 7) is 7.68. The first-order valence-corrected chi connectivity index (χ1v) is 11.5. The maximum atomic E-state index is 13.9. The van der Waals surface area contributed by atoms with Gasteiger partial charge in [0.15, 0.2) is 0 Å². The number of rotatable bonds is 5. The number of nitrogens with one attached hydrogen (secondary N) is 1. The quantitative estimate of drug-likeness (QED) is 0.613. The first-order valence-electron chi connectivity index (χ1n) is 10.6. The molecule has 3 heterocycles.